The minimum absolute atomic E-state index is 0.327. The van der Waals surface area contributed by atoms with Crippen molar-refractivity contribution >= 4 is 17.4 Å². The van der Waals surface area contributed by atoms with Crippen molar-refractivity contribution < 1.29 is 9.47 Å². The molecule has 1 atom stereocenters. The maximum atomic E-state index is 6.43. The number of fused-ring (bicyclic) bond motifs is 3. The number of anilines is 1. The lowest BCUT2D eigenvalue weighted by Gasteiger charge is -2.33. The molecule has 0 bridgehead atoms. The molecule has 2 aromatic heterocycles. The Hall–Kier alpha value is -2.68. The molecule has 2 saturated heterocycles. The van der Waals surface area contributed by atoms with Crippen LogP contribution >= 0.6 is 11.6 Å². The van der Waals surface area contributed by atoms with Gasteiger partial charge in [-0.25, -0.2) is 4.98 Å². The average Bonchev–Trinajstić information content (AvgIpc) is 3.52. The van der Waals surface area contributed by atoms with Gasteiger partial charge in [-0.15, -0.1) is 10.2 Å². The summed E-state index contributed by atoms with van der Waals surface area (Å²) in [4.78, 5) is 9.56. The Morgan fingerprint density at radius 1 is 1.06 bits per heavy atom. The Labute approximate surface area is 210 Å². The summed E-state index contributed by atoms with van der Waals surface area (Å²) in [6, 6.07) is 10.6. The molecule has 3 aliphatic heterocycles. The van der Waals surface area contributed by atoms with Crippen molar-refractivity contribution in [2.24, 2.45) is 0 Å². The van der Waals surface area contributed by atoms with E-state index in [1.807, 2.05) is 25.1 Å². The predicted octanol–water partition coefficient (Wildman–Crippen LogP) is 4.12. The molecule has 0 saturated carbocycles. The maximum absolute atomic E-state index is 6.43. The Bertz CT molecular complexity index is 1220. The second kappa shape index (κ2) is 9.41. The fraction of sp³-hybridized carbons (Fsp3) is 0.500. The van der Waals surface area contributed by atoms with Gasteiger partial charge in [0.2, 0.25) is 0 Å². The molecule has 184 valence electrons. The van der Waals surface area contributed by atoms with E-state index in [0.717, 1.165) is 98.3 Å². The topological polar surface area (TPSA) is 68.5 Å². The van der Waals surface area contributed by atoms with E-state index in [-0.39, 0.29) is 0 Å². The number of rotatable bonds is 4. The lowest BCUT2D eigenvalue weighted by Crippen LogP contribution is -2.34. The molecule has 8 nitrogen and oxygen atoms in total. The number of piperidine rings is 1. The molecule has 3 aromatic rings. The summed E-state index contributed by atoms with van der Waals surface area (Å²) in [6.07, 6.45) is 3.02. The molecule has 1 aromatic carbocycles. The van der Waals surface area contributed by atoms with Gasteiger partial charge in [0.05, 0.1) is 25.9 Å². The smallest absolute Gasteiger partial charge is 0.171 e. The van der Waals surface area contributed by atoms with Crippen LogP contribution in [0.2, 0.25) is 5.02 Å². The fourth-order valence-corrected chi connectivity index (χ4v) is 5.84. The van der Waals surface area contributed by atoms with Gasteiger partial charge in [0.1, 0.15) is 5.82 Å². The van der Waals surface area contributed by atoms with Crippen molar-refractivity contribution in [1.29, 1.82) is 0 Å². The summed E-state index contributed by atoms with van der Waals surface area (Å²) in [6.45, 7) is 7.01. The second-order valence-corrected chi connectivity index (χ2v) is 10.2. The second-order valence-electron chi connectivity index (χ2n) is 9.75. The highest BCUT2D eigenvalue weighted by Crippen LogP contribution is 2.36. The van der Waals surface area contributed by atoms with Crippen LogP contribution in [0.1, 0.15) is 48.1 Å². The number of benzene rings is 1. The van der Waals surface area contributed by atoms with E-state index in [2.05, 4.69) is 26.5 Å². The van der Waals surface area contributed by atoms with Crippen LogP contribution in [0.4, 0.5) is 5.82 Å². The van der Waals surface area contributed by atoms with Gasteiger partial charge < -0.3 is 14.4 Å². The molecule has 0 aliphatic carbocycles. The van der Waals surface area contributed by atoms with Crippen molar-refractivity contribution in [3.8, 4) is 11.4 Å². The monoisotopic (exact) mass is 494 g/mol. The number of nitrogens with zero attached hydrogens (tertiary/aromatic N) is 6. The molecule has 3 aliphatic rings. The third-order valence-corrected chi connectivity index (χ3v) is 7.77. The van der Waals surface area contributed by atoms with Gasteiger partial charge in [-0.1, -0.05) is 11.6 Å². The van der Waals surface area contributed by atoms with Crippen LogP contribution in [0.15, 0.2) is 30.3 Å². The molecule has 0 unspecified atom stereocenters. The van der Waals surface area contributed by atoms with Crippen LogP contribution < -0.4 is 9.64 Å². The molecule has 35 heavy (non-hydrogen) atoms. The van der Waals surface area contributed by atoms with Gasteiger partial charge in [0.25, 0.3) is 0 Å². The first-order valence-electron chi connectivity index (χ1n) is 12.4. The molecule has 6 rings (SSSR count). The molecule has 0 amide bonds. The Kier molecular flexibility index (Phi) is 6.12. The number of methoxy groups -OCH3 is 1. The molecular weight excluding hydrogens is 464 g/mol. The number of hydrogen-bond acceptors (Lipinski definition) is 7. The SMILES string of the molecule is COc1ccc(C)nc1N1CCC(c2nnc3n2-c2ccc(Cl)cc2CN([C@@H]2CCOC2)C3)CC1. The first-order chi connectivity index (χ1) is 17.1. The molecule has 0 N–H and O–H groups in total. The zero-order chi connectivity index (χ0) is 23.9. The Balaban J connectivity index is 1.29. The van der Waals surface area contributed by atoms with Crippen molar-refractivity contribution in [3.63, 3.8) is 0 Å². The van der Waals surface area contributed by atoms with Crippen molar-refractivity contribution in [2.75, 3.05) is 38.3 Å². The summed E-state index contributed by atoms with van der Waals surface area (Å²) < 4.78 is 13.6. The van der Waals surface area contributed by atoms with E-state index in [1.54, 1.807) is 7.11 Å². The minimum atomic E-state index is 0.327. The quantitative estimate of drug-likeness (QED) is 0.540. The summed E-state index contributed by atoms with van der Waals surface area (Å²) in [7, 11) is 1.71. The van der Waals surface area contributed by atoms with Crippen LogP contribution in [0.25, 0.3) is 5.69 Å². The average molecular weight is 495 g/mol. The lowest BCUT2D eigenvalue weighted by molar-refractivity contribution is 0.133. The molecule has 5 heterocycles. The first kappa shape index (κ1) is 22.8. The normalized spacial score (nSPS) is 21.0. The molecule has 9 heteroatoms. The van der Waals surface area contributed by atoms with E-state index in [4.69, 9.17) is 36.3 Å². The summed E-state index contributed by atoms with van der Waals surface area (Å²) >= 11 is 6.43. The van der Waals surface area contributed by atoms with Crippen LogP contribution in [0.5, 0.6) is 5.75 Å². The number of hydrogen-bond donors (Lipinski definition) is 0. The van der Waals surface area contributed by atoms with E-state index in [1.165, 1.54) is 5.56 Å². The summed E-state index contributed by atoms with van der Waals surface area (Å²) in [5.41, 5.74) is 3.36. The molecule has 0 radical (unpaired) electrons. The summed E-state index contributed by atoms with van der Waals surface area (Å²) in [5, 5.41) is 10.2. The Morgan fingerprint density at radius 2 is 1.91 bits per heavy atom. The maximum Gasteiger partial charge on any atom is 0.171 e. The third-order valence-electron chi connectivity index (χ3n) is 7.54. The number of ether oxygens (including phenoxy) is 2. The summed E-state index contributed by atoms with van der Waals surface area (Å²) in [5.74, 6) is 4.13. The molecule has 0 spiro atoms. The van der Waals surface area contributed by atoms with Gasteiger partial charge in [-0.3, -0.25) is 9.47 Å². The molecular formula is C26H31ClN6O2. The van der Waals surface area contributed by atoms with E-state index >= 15 is 0 Å². The van der Waals surface area contributed by atoms with Crippen molar-refractivity contribution in [1.82, 2.24) is 24.6 Å². The van der Waals surface area contributed by atoms with Crippen LogP contribution in [-0.2, 0) is 17.8 Å². The largest absolute Gasteiger partial charge is 0.493 e. The lowest BCUT2D eigenvalue weighted by atomic mass is 9.95. The fourth-order valence-electron chi connectivity index (χ4n) is 5.65. The highest BCUT2D eigenvalue weighted by Gasteiger charge is 2.33. The van der Waals surface area contributed by atoms with Crippen LogP contribution in [0, 0.1) is 6.92 Å². The zero-order valence-corrected chi connectivity index (χ0v) is 21.0. The molecule has 2 fully saturated rings. The standard InChI is InChI=1S/C26H31ClN6O2/c1-17-3-6-23(34-2)26(28-17)31-10-7-18(8-11-31)25-30-29-24-15-32(21-9-12-35-16-21)14-19-13-20(27)4-5-22(19)33(24)25/h3-6,13,18,21H,7-12,14-16H2,1-2H3/t21-/m1/s1. The van der Waals surface area contributed by atoms with Gasteiger partial charge in [-0.05, 0) is 62.1 Å². The number of aromatic nitrogens is 4. The predicted molar refractivity (Wildman–Crippen MR) is 135 cm³/mol. The van der Waals surface area contributed by atoms with Gasteiger partial charge in [0, 0.05) is 48.9 Å². The van der Waals surface area contributed by atoms with Crippen molar-refractivity contribution in [2.45, 2.75) is 51.2 Å². The minimum Gasteiger partial charge on any atom is -0.493 e. The van der Waals surface area contributed by atoms with E-state index in [0.29, 0.717) is 12.0 Å². The van der Waals surface area contributed by atoms with Crippen LogP contribution in [-0.4, -0.2) is 64.1 Å². The van der Waals surface area contributed by atoms with E-state index < -0.39 is 0 Å². The zero-order valence-electron chi connectivity index (χ0n) is 20.3. The van der Waals surface area contributed by atoms with Crippen LogP contribution in [0.3, 0.4) is 0 Å². The number of aryl methyl sites for hydroxylation is 1. The van der Waals surface area contributed by atoms with Gasteiger partial charge in [-0.2, -0.15) is 0 Å². The van der Waals surface area contributed by atoms with E-state index in [9.17, 15) is 0 Å². The number of halogens is 1. The third kappa shape index (κ3) is 4.28. The highest BCUT2D eigenvalue weighted by atomic mass is 35.5. The van der Waals surface area contributed by atoms with Gasteiger partial charge in [0.15, 0.2) is 17.4 Å². The number of pyridine rings is 1. The van der Waals surface area contributed by atoms with Gasteiger partial charge >= 0.3 is 0 Å². The first-order valence-corrected chi connectivity index (χ1v) is 12.8. The van der Waals surface area contributed by atoms with Crippen molar-refractivity contribution in [3.05, 3.63) is 58.3 Å². The Morgan fingerprint density at radius 3 is 2.69 bits per heavy atom. The highest BCUT2D eigenvalue weighted by molar-refractivity contribution is 6.30.